The van der Waals surface area contributed by atoms with Gasteiger partial charge in [0.05, 0.1) is 4.83 Å². The predicted octanol–water partition coefficient (Wildman–Crippen LogP) is 2.06. The number of hydrogen-bond acceptors (Lipinski definition) is 3. The van der Waals surface area contributed by atoms with E-state index in [2.05, 4.69) is 21.2 Å². The fraction of sp³-hybridized carbons (Fsp3) is 0.364. The Bertz CT molecular complexity index is 381. The van der Waals surface area contributed by atoms with Crippen molar-refractivity contribution in [1.82, 2.24) is 5.32 Å². The molecule has 0 radical (unpaired) electrons. The van der Waals surface area contributed by atoms with Crippen LogP contribution >= 0.6 is 15.9 Å². The first-order valence-corrected chi connectivity index (χ1v) is 5.88. The molecule has 0 saturated heterocycles. The van der Waals surface area contributed by atoms with E-state index in [-0.39, 0.29) is 22.2 Å². The number of hydrogen-bond donors (Lipinski definition) is 3. The van der Waals surface area contributed by atoms with Crippen molar-refractivity contribution in [1.29, 1.82) is 0 Å². The molecule has 1 unspecified atom stereocenters. The van der Waals surface area contributed by atoms with Gasteiger partial charge in [0.15, 0.2) is 11.5 Å². The molecule has 0 aromatic heterocycles. The van der Waals surface area contributed by atoms with Crippen LogP contribution in [0.3, 0.4) is 0 Å². The monoisotopic (exact) mass is 287 g/mol. The lowest BCUT2D eigenvalue weighted by molar-refractivity contribution is -0.120. The van der Waals surface area contributed by atoms with E-state index >= 15 is 0 Å². The Hall–Kier alpha value is -1.23. The Morgan fingerprint density at radius 3 is 2.69 bits per heavy atom. The van der Waals surface area contributed by atoms with Gasteiger partial charge >= 0.3 is 0 Å². The van der Waals surface area contributed by atoms with E-state index in [9.17, 15) is 9.90 Å². The van der Waals surface area contributed by atoms with Crippen LogP contribution in [0.25, 0.3) is 0 Å². The topological polar surface area (TPSA) is 69.6 Å². The second-order valence-electron chi connectivity index (χ2n) is 3.37. The van der Waals surface area contributed by atoms with Crippen molar-refractivity contribution in [2.24, 2.45) is 0 Å². The molecule has 0 aliphatic carbocycles. The van der Waals surface area contributed by atoms with Crippen LogP contribution in [0, 0.1) is 0 Å². The number of rotatable bonds is 4. The number of carbonyl (C=O) groups excluding carboxylic acids is 1. The lowest BCUT2D eigenvalue weighted by Crippen LogP contribution is -2.25. The van der Waals surface area contributed by atoms with Gasteiger partial charge in [0, 0.05) is 13.0 Å². The number of alkyl halides is 1. The molecule has 4 nitrogen and oxygen atoms in total. The van der Waals surface area contributed by atoms with Gasteiger partial charge in [0.2, 0.25) is 5.91 Å². The molecular formula is C11H14BrNO3. The molecule has 5 heteroatoms. The Balaban J connectivity index is 2.62. The largest absolute Gasteiger partial charge is 0.504 e. The minimum atomic E-state index is -0.163. The molecule has 3 N–H and O–H groups in total. The maximum absolute atomic E-state index is 11.0. The summed E-state index contributed by atoms with van der Waals surface area (Å²) in [5.41, 5.74) is 0.798. The van der Waals surface area contributed by atoms with Crippen molar-refractivity contribution in [2.75, 3.05) is 6.54 Å². The number of aromatic hydroxyl groups is 2. The van der Waals surface area contributed by atoms with Crippen molar-refractivity contribution in [3.63, 3.8) is 0 Å². The Kier molecular flexibility index (Phi) is 4.61. The highest BCUT2D eigenvalue weighted by Crippen LogP contribution is 2.30. The summed E-state index contributed by atoms with van der Waals surface area (Å²) < 4.78 is 0. The number of phenolic OH excluding ortho intramolecular Hbond substituents is 2. The summed E-state index contributed by atoms with van der Waals surface area (Å²) in [6.45, 7) is 2.22. The standard InChI is InChI=1S/C11H14BrNO3/c1-2-11(16)13-6-8(12)7-3-4-9(14)10(15)5-7/h3-5,8,14-15H,2,6H2,1H3,(H,13,16). The van der Waals surface area contributed by atoms with Gasteiger partial charge in [-0.1, -0.05) is 28.9 Å². The molecule has 1 aromatic rings. The summed E-state index contributed by atoms with van der Waals surface area (Å²) in [7, 11) is 0. The number of carbonyl (C=O) groups is 1. The highest BCUT2D eigenvalue weighted by Gasteiger charge is 2.10. The summed E-state index contributed by atoms with van der Waals surface area (Å²) in [4.78, 5) is 11.0. The van der Waals surface area contributed by atoms with E-state index < -0.39 is 0 Å². The van der Waals surface area contributed by atoms with E-state index in [4.69, 9.17) is 5.11 Å². The zero-order valence-corrected chi connectivity index (χ0v) is 10.5. The molecule has 0 heterocycles. The van der Waals surface area contributed by atoms with Gasteiger partial charge < -0.3 is 15.5 Å². The van der Waals surface area contributed by atoms with Crippen molar-refractivity contribution in [3.8, 4) is 11.5 Å². The van der Waals surface area contributed by atoms with Crippen molar-refractivity contribution < 1.29 is 15.0 Å². The summed E-state index contributed by atoms with van der Waals surface area (Å²) in [5, 5.41) is 21.2. The van der Waals surface area contributed by atoms with Crippen molar-refractivity contribution in [3.05, 3.63) is 23.8 Å². The van der Waals surface area contributed by atoms with Crippen LogP contribution in [0.1, 0.15) is 23.7 Å². The van der Waals surface area contributed by atoms with E-state index in [0.29, 0.717) is 13.0 Å². The smallest absolute Gasteiger partial charge is 0.219 e. The van der Waals surface area contributed by atoms with Gasteiger partial charge in [-0.05, 0) is 17.7 Å². The van der Waals surface area contributed by atoms with Gasteiger partial charge in [-0.3, -0.25) is 4.79 Å². The molecule has 0 fully saturated rings. The van der Waals surface area contributed by atoms with E-state index in [0.717, 1.165) is 5.56 Å². The molecule has 1 rings (SSSR count). The lowest BCUT2D eigenvalue weighted by Gasteiger charge is -2.11. The van der Waals surface area contributed by atoms with Crippen molar-refractivity contribution in [2.45, 2.75) is 18.2 Å². The third-order valence-corrected chi connectivity index (χ3v) is 3.01. The summed E-state index contributed by atoms with van der Waals surface area (Å²) in [6, 6.07) is 4.57. The molecule has 1 atom stereocenters. The first-order valence-electron chi connectivity index (χ1n) is 4.97. The third-order valence-electron chi connectivity index (χ3n) is 2.16. The van der Waals surface area contributed by atoms with E-state index in [1.807, 2.05) is 0 Å². The second-order valence-corrected chi connectivity index (χ2v) is 4.48. The molecule has 1 aromatic carbocycles. The van der Waals surface area contributed by atoms with Crippen LogP contribution in [-0.4, -0.2) is 22.7 Å². The maximum Gasteiger partial charge on any atom is 0.219 e. The normalized spacial score (nSPS) is 12.1. The molecule has 0 aliphatic rings. The number of halogens is 1. The highest BCUT2D eigenvalue weighted by atomic mass is 79.9. The Morgan fingerprint density at radius 1 is 1.44 bits per heavy atom. The van der Waals surface area contributed by atoms with Gasteiger partial charge in [-0.15, -0.1) is 0 Å². The molecule has 0 spiro atoms. The van der Waals surface area contributed by atoms with Gasteiger partial charge in [0.1, 0.15) is 0 Å². The summed E-state index contributed by atoms with van der Waals surface area (Å²) in [6.07, 6.45) is 0.445. The minimum Gasteiger partial charge on any atom is -0.504 e. The Labute approximate surface area is 102 Å². The summed E-state index contributed by atoms with van der Waals surface area (Å²) in [5.74, 6) is -0.336. The highest BCUT2D eigenvalue weighted by molar-refractivity contribution is 9.09. The number of amides is 1. The van der Waals surface area contributed by atoms with Gasteiger partial charge in [-0.2, -0.15) is 0 Å². The minimum absolute atomic E-state index is 0.0209. The predicted molar refractivity (Wildman–Crippen MR) is 64.7 cm³/mol. The van der Waals surface area contributed by atoms with Crippen molar-refractivity contribution >= 4 is 21.8 Å². The average Bonchev–Trinajstić information content (AvgIpc) is 2.29. The molecular weight excluding hydrogens is 274 g/mol. The zero-order chi connectivity index (χ0) is 12.1. The van der Waals surface area contributed by atoms with Gasteiger partial charge in [-0.25, -0.2) is 0 Å². The van der Waals surface area contributed by atoms with Crippen LogP contribution in [0.2, 0.25) is 0 Å². The average molecular weight is 288 g/mol. The molecule has 0 saturated carbocycles. The van der Waals surface area contributed by atoms with Crippen LogP contribution in [0.5, 0.6) is 11.5 Å². The first kappa shape index (κ1) is 12.8. The lowest BCUT2D eigenvalue weighted by atomic mass is 10.1. The van der Waals surface area contributed by atoms with E-state index in [1.54, 1.807) is 13.0 Å². The molecule has 1 amide bonds. The fourth-order valence-electron chi connectivity index (χ4n) is 1.18. The van der Waals surface area contributed by atoms with Crippen LogP contribution in [-0.2, 0) is 4.79 Å². The van der Waals surface area contributed by atoms with Crippen LogP contribution < -0.4 is 5.32 Å². The maximum atomic E-state index is 11.0. The summed E-state index contributed by atoms with van der Waals surface area (Å²) >= 11 is 3.39. The quantitative estimate of drug-likeness (QED) is 0.586. The molecule has 16 heavy (non-hydrogen) atoms. The SMILES string of the molecule is CCC(=O)NCC(Br)c1ccc(O)c(O)c1. The molecule has 0 bridgehead atoms. The van der Waals surface area contributed by atoms with Gasteiger partial charge in [0.25, 0.3) is 0 Å². The first-order chi connectivity index (χ1) is 7.54. The molecule has 0 aliphatic heterocycles. The fourth-order valence-corrected chi connectivity index (χ4v) is 1.63. The van der Waals surface area contributed by atoms with Crippen LogP contribution in [0.15, 0.2) is 18.2 Å². The van der Waals surface area contributed by atoms with E-state index in [1.165, 1.54) is 12.1 Å². The molecule has 88 valence electrons. The number of benzene rings is 1. The third kappa shape index (κ3) is 3.41. The zero-order valence-electron chi connectivity index (χ0n) is 8.90. The second kappa shape index (κ2) is 5.75. The van der Waals surface area contributed by atoms with Crippen LogP contribution in [0.4, 0.5) is 0 Å². The number of nitrogens with one attached hydrogen (secondary N) is 1. The number of phenols is 2. The Morgan fingerprint density at radius 2 is 2.12 bits per heavy atom.